The van der Waals surface area contributed by atoms with Crippen LogP contribution in [-0.2, 0) is 32.6 Å². The number of carbonyl (C=O) groups is 2. The van der Waals surface area contributed by atoms with E-state index >= 15 is 0 Å². The fraction of sp³-hybridized carbons (Fsp3) is 0.310. The third-order valence-corrected chi connectivity index (χ3v) is 8.01. The van der Waals surface area contributed by atoms with Gasteiger partial charge >= 0.3 is 0 Å². The second kappa shape index (κ2) is 13.8. The van der Waals surface area contributed by atoms with E-state index in [1.807, 2.05) is 74.5 Å². The highest BCUT2D eigenvalue weighted by molar-refractivity contribution is 7.92. The second-order valence-corrected chi connectivity index (χ2v) is 12.1. The highest BCUT2D eigenvalue weighted by atomic mass is 35.5. The first-order valence-corrected chi connectivity index (χ1v) is 15.2. The van der Waals surface area contributed by atoms with Crippen LogP contribution in [-0.4, -0.2) is 50.0 Å². The molecule has 3 aromatic carbocycles. The molecule has 3 aromatic rings. The fourth-order valence-corrected chi connectivity index (χ4v) is 5.34. The monoisotopic (exact) mass is 589 g/mol. The van der Waals surface area contributed by atoms with Gasteiger partial charge < -0.3 is 10.2 Å². The molecule has 0 radical (unpaired) electrons. The van der Waals surface area contributed by atoms with E-state index in [2.05, 4.69) is 5.32 Å². The Morgan fingerprint density at radius 2 is 1.51 bits per heavy atom. The summed E-state index contributed by atoms with van der Waals surface area (Å²) in [7, 11) is -3.94. The highest BCUT2D eigenvalue weighted by Crippen LogP contribution is 2.31. The molecule has 0 aliphatic heterocycles. The van der Waals surface area contributed by atoms with Crippen LogP contribution >= 0.6 is 23.2 Å². The van der Waals surface area contributed by atoms with Gasteiger partial charge in [-0.3, -0.25) is 13.9 Å². The van der Waals surface area contributed by atoms with Gasteiger partial charge in [-0.1, -0.05) is 90.8 Å². The van der Waals surface area contributed by atoms with Gasteiger partial charge in [0, 0.05) is 24.0 Å². The largest absolute Gasteiger partial charge is 0.352 e. The van der Waals surface area contributed by atoms with E-state index in [9.17, 15) is 18.0 Å². The van der Waals surface area contributed by atoms with Gasteiger partial charge in [-0.05, 0) is 42.7 Å². The fourth-order valence-electron chi connectivity index (χ4n) is 4.05. The van der Waals surface area contributed by atoms with Crippen molar-refractivity contribution in [2.45, 2.75) is 45.3 Å². The summed E-state index contributed by atoms with van der Waals surface area (Å²) in [5.41, 5.74) is 1.75. The molecule has 0 aliphatic rings. The minimum Gasteiger partial charge on any atom is -0.352 e. The van der Waals surface area contributed by atoms with Crippen LogP contribution in [0.3, 0.4) is 0 Å². The molecule has 208 valence electrons. The Hall–Kier alpha value is -3.07. The van der Waals surface area contributed by atoms with Crippen LogP contribution in [0.2, 0.25) is 10.0 Å². The van der Waals surface area contributed by atoms with Crippen LogP contribution in [0.1, 0.15) is 31.4 Å². The minimum atomic E-state index is -3.94. The lowest BCUT2D eigenvalue weighted by atomic mass is 10.0. The number of hydrogen-bond donors (Lipinski definition) is 1. The molecule has 3 rings (SSSR count). The van der Waals surface area contributed by atoms with Gasteiger partial charge in [0.15, 0.2) is 0 Å². The zero-order valence-corrected chi connectivity index (χ0v) is 24.5. The standard InChI is InChI=1S/C29H33Cl2N3O4S/c1-4-21(2)32-29(36)27(17-22-11-7-5-8-12-22)33(19-23-13-9-6-10-14-23)28(35)20-34(39(3,37)38)26-18-24(30)15-16-25(26)31/h5-16,18,21,27H,4,17,19-20H2,1-3H3,(H,32,36)/t21-,27-/m0/s1. The van der Waals surface area contributed by atoms with Crippen molar-refractivity contribution in [2.75, 3.05) is 17.1 Å². The Morgan fingerprint density at radius 1 is 0.923 bits per heavy atom. The van der Waals surface area contributed by atoms with Crippen LogP contribution in [0, 0.1) is 0 Å². The van der Waals surface area contributed by atoms with E-state index in [0.717, 1.165) is 21.7 Å². The molecule has 2 amide bonds. The summed E-state index contributed by atoms with van der Waals surface area (Å²) in [5.74, 6) is -0.871. The molecular weight excluding hydrogens is 557 g/mol. The lowest BCUT2D eigenvalue weighted by Gasteiger charge is -2.34. The normalized spacial score (nSPS) is 12.8. The summed E-state index contributed by atoms with van der Waals surface area (Å²) < 4.78 is 26.7. The number of nitrogens with one attached hydrogen (secondary N) is 1. The van der Waals surface area contributed by atoms with Gasteiger partial charge in [0.25, 0.3) is 0 Å². The maximum atomic E-state index is 14.0. The van der Waals surface area contributed by atoms with Crippen molar-refractivity contribution in [1.82, 2.24) is 10.2 Å². The molecule has 0 saturated carbocycles. The van der Waals surface area contributed by atoms with Gasteiger partial charge in [-0.2, -0.15) is 0 Å². The van der Waals surface area contributed by atoms with E-state index in [-0.39, 0.29) is 40.6 Å². The molecular formula is C29H33Cl2N3O4S. The molecule has 0 heterocycles. The zero-order valence-electron chi connectivity index (χ0n) is 22.2. The summed E-state index contributed by atoms with van der Waals surface area (Å²) >= 11 is 12.5. The van der Waals surface area contributed by atoms with Crippen molar-refractivity contribution >= 4 is 50.7 Å². The number of rotatable bonds is 12. The zero-order chi connectivity index (χ0) is 28.6. The van der Waals surface area contributed by atoms with Crippen LogP contribution in [0.4, 0.5) is 5.69 Å². The third-order valence-electron chi connectivity index (χ3n) is 6.32. The summed E-state index contributed by atoms with van der Waals surface area (Å²) in [6.07, 6.45) is 1.96. The van der Waals surface area contributed by atoms with E-state index in [4.69, 9.17) is 23.2 Å². The minimum absolute atomic E-state index is 0.0864. The number of benzene rings is 3. The van der Waals surface area contributed by atoms with Crippen molar-refractivity contribution in [2.24, 2.45) is 0 Å². The summed E-state index contributed by atoms with van der Waals surface area (Å²) in [5, 5.41) is 3.40. The molecule has 10 heteroatoms. The molecule has 0 spiro atoms. The number of halogens is 2. The van der Waals surface area contributed by atoms with Crippen LogP contribution in [0.15, 0.2) is 78.9 Å². The lowest BCUT2D eigenvalue weighted by Crippen LogP contribution is -2.54. The van der Waals surface area contributed by atoms with Crippen LogP contribution < -0.4 is 9.62 Å². The molecule has 39 heavy (non-hydrogen) atoms. The van der Waals surface area contributed by atoms with E-state index in [1.54, 1.807) is 0 Å². The van der Waals surface area contributed by atoms with E-state index in [0.29, 0.717) is 6.42 Å². The van der Waals surface area contributed by atoms with Crippen molar-refractivity contribution in [3.8, 4) is 0 Å². The molecule has 0 aromatic heterocycles. The maximum absolute atomic E-state index is 14.0. The van der Waals surface area contributed by atoms with Crippen LogP contribution in [0.5, 0.6) is 0 Å². The number of nitrogens with zero attached hydrogens (tertiary/aromatic N) is 2. The van der Waals surface area contributed by atoms with Gasteiger partial charge in [-0.15, -0.1) is 0 Å². The topological polar surface area (TPSA) is 86.8 Å². The van der Waals surface area contributed by atoms with Crippen molar-refractivity contribution in [3.63, 3.8) is 0 Å². The Bertz CT molecular complexity index is 1370. The highest BCUT2D eigenvalue weighted by Gasteiger charge is 2.33. The second-order valence-electron chi connectivity index (χ2n) is 9.40. The summed E-state index contributed by atoms with van der Waals surface area (Å²) in [4.78, 5) is 29.1. The first-order valence-electron chi connectivity index (χ1n) is 12.6. The average molecular weight is 591 g/mol. The molecule has 0 bridgehead atoms. The molecule has 0 unspecified atom stereocenters. The van der Waals surface area contributed by atoms with Gasteiger partial charge in [-0.25, -0.2) is 8.42 Å². The molecule has 1 N–H and O–H groups in total. The first-order chi connectivity index (χ1) is 18.5. The predicted octanol–water partition coefficient (Wildman–Crippen LogP) is 5.31. The quantitative estimate of drug-likeness (QED) is 0.310. The van der Waals surface area contributed by atoms with E-state index < -0.39 is 28.5 Å². The Labute approximate surface area is 240 Å². The Balaban J connectivity index is 2.06. The molecule has 2 atom stereocenters. The third kappa shape index (κ3) is 8.71. The average Bonchev–Trinajstić information content (AvgIpc) is 2.91. The number of hydrogen-bond acceptors (Lipinski definition) is 4. The molecule has 7 nitrogen and oxygen atoms in total. The molecule has 0 aliphatic carbocycles. The van der Waals surface area contributed by atoms with Crippen LogP contribution in [0.25, 0.3) is 0 Å². The van der Waals surface area contributed by atoms with Gasteiger partial charge in [0.1, 0.15) is 12.6 Å². The SMILES string of the molecule is CC[C@H](C)NC(=O)[C@H](Cc1ccccc1)N(Cc1ccccc1)C(=O)CN(c1cc(Cl)ccc1Cl)S(C)(=O)=O. The Kier molecular flexibility index (Phi) is 10.8. The van der Waals surface area contributed by atoms with Gasteiger partial charge in [0.2, 0.25) is 21.8 Å². The lowest BCUT2D eigenvalue weighted by molar-refractivity contribution is -0.140. The smallest absolute Gasteiger partial charge is 0.244 e. The predicted molar refractivity (Wildman–Crippen MR) is 157 cm³/mol. The van der Waals surface area contributed by atoms with Gasteiger partial charge in [0.05, 0.1) is 17.0 Å². The number of sulfonamides is 1. The Morgan fingerprint density at radius 3 is 2.08 bits per heavy atom. The maximum Gasteiger partial charge on any atom is 0.244 e. The van der Waals surface area contributed by atoms with Crippen molar-refractivity contribution < 1.29 is 18.0 Å². The summed E-state index contributed by atoms with van der Waals surface area (Å²) in [6, 6.07) is 22.1. The summed E-state index contributed by atoms with van der Waals surface area (Å²) in [6.45, 7) is 3.40. The molecule has 0 saturated heterocycles. The van der Waals surface area contributed by atoms with Crippen molar-refractivity contribution in [3.05, 3.63) is 100 Å². The first kappa shape index (κ1) is 30.5. The van der Waals surface area contributed by atoms with E-state index in [1.165, 1.54) is 23.1 Å². The number of anilines is 1. The number of amides is 2. The van der Waals surface area contributed by atoms with Crippen molar-refractivity contribution in [1.29, 1.82) is 0 Å². The number of carbonyl (C=O) groups excluding carboxylic acids is 2. The molecule has 0 fully saturated rings.